The lowest BCUT2D eigenvalue weighted by atomic mass is 10.1. The van der Waals surface area contributed by atoms with Crippen LogP contribution in [-0.2, 0) is 4.43 Å². The van der Waals surface area contributed by atoms with Crippen LogP contribution in [0.1, 0.15) is 12.8 Å². The van der Waals surface area contributed by atoms with Crippen molar-refractivity contribution in [3.8, 4) is 0 Å². The minimum absolute atomic E-state index is 0.696. The predicted molar refractivity (Wildman–Crippen MR) is 60.3 cm³/mol. The lowest BCUT2D eigenvalue weighted by Gasteiger charge is -2.19. The van der Waals surface area contributed by atoms with Crippen LogP contribution in [0.25, 0.3) is 0 Å². The Balaban J connectivity index is 2.13. The van der Waals surface area contributed by atoms with Crippen molar-refractivity contribution >= 4 is 8.32 Å². The molecule has 1 aliphatic rings. The first kappa shape index (κ1) is 10.7. The van der Waals surface area contributed by atoms with E-state index < -0.39 is 8.32 Å². The summed E-state index contributed by atoms with van der Waals surface area (Å²) in [7, 11) is 0.551. The molecule has 0 radical (unpaired) electrons. The average molecular weight is 196 g/mol. The van der Waals surface area contributed by atoms with Crippen LogP contribution >= 0.6 is 0 Å². The quantitative estimate of drug-likeness (QED) is 0.613. The second-order valence-electron chi connectivity index (χ2n) is 4.29. The van der Waals surface area contributed by atoms with Crippen molar-refractivity contribution in [2.75, 3.05) is 7.11 Å². The second-order valence-corrected chi connectivity index (χ2v) is 8.72. The van der Waals surface area contributed by atoms with Gasteiger partial charge in [-0.25, -0.2) is 0 Å². The molecule has 13 heavy (non-hydrogen) atoms. The van der Waals surface area contributed by atoms with Gasteiger partial charge in [0.2, 0.25) is 0 Å². The van der Waals surface area contributed by atoms with Gasteiger partial charge in [0.25, 0.3) is 0 Å². The fourth-order valence-electron chi connectivity index (χ4n) is 1.54. The zero-order chi connectivity index (χ0) is 9.73. The van der Waals surface area contributed by atoms with Crippen LogP contribution < -0.4 is 0 Å². The summed E-state index contributed by atoms with van der Waals surface area (Å²) in [5.41, 5.74) is 0. The van der Waals surface area contributed by atoms with Crippen LogP contribution in [0.4, 0.5) is 0 Å². The van der Waals surface area contributed by atoms with Gasteiger partial charge in [-0.1, -0.05) is 30.7 Å². The SMILES string of the molecule is CO[Si](C)(C)CCCC1C=CC=C1. The molecule has 0 N–H and O–H groups in total. The second kappa shape index (κ2) is 4.77. The van der Waals surface area contributed by atoms with E-state index in [2.05, 4.69) is 37.4 Å². The minimum atomic E-state index is -1.30. The standard InChI is InChI=1S/C11H20OSi/c1-12-13(2,3)10-6-9-11-7-4-5-8-11/h4-5,7-8,11H,6,9-10H2,1-3H3. The van der Waals surface area contributed by atoms with E-state index in [-0.39, 0.29) is 0 Å². The number of allylic oxidation sites excluding steroid dienone is 4. The molecule has 0 bridgehead atoms. The Morgan fingerprint density at radius 1 is 1.23 bits per heavy atom. The van der Waals surface area contributed by atoms with Gasteiger partial charge in [0.15, 0.2) is 8.32 Å². The molecule has 0 aliphatic heterocycles. The molecule has 1 aliphatic carbocycles. The third-order valence-electron chi connectivity index (χ3n) is 2.70. The van der Waals surface area contributed by atoms with Crippen LogP contribution in [0.15, 0.2) is 24.3 Å². The summed E-state index contributed by atoms with van der Waals surface area (Å²) in [5, 5.41) is 0. The van der Waals surface area contributed by atoms with Crippen LogP contribution in [0.5, 0.6) is 0 Å². The van der Waals surface area contributed by atoms with Gasteiger partial charge in [-0.15, -0.1) is 0 Å². The zero-order valence-corrected chi connectivity index (χ0v) is 9.92. The van der Waals surface area contributed by atoms with E-state index in [4.69, 9.17) is 4.43 Å². The Labute approximate surface area is 82.6 Å². The van der Waals surface area contributed by atoms with Crippen molar-refractivity contribution in [3.05, 3.63) is 24.3 Å². The van der Waals surface area contributed by atoms with Gasteiger partial charge in [-0.2, -0.15) is 0 Å². The molecule has 0 amide bonds. The predicted octanol–water partition coefficient (Wildman–Crippen LogP) is 3.36. The largest absolute Gasteiger partial charge is 0.420 e. The van der Waals surface area contributed by atoms with Gasteiger partial charge >= 0.3 is 0 Å². The first-order valence-electron chi connectivity index (χ1n) is 5.04. The number of hydrogen-bond acceptors (Lipinski definition) is 1. The van der Waals surface area contributed by atoms with Crippen LogP contribution in [0, 0.1) is 5.92 Å². The maximum absolute atomic E-state index is 5.51. The van der Waals surface area contributed by atoms with Gasteiger partial charge in [0.1, 0.15) is 0 Å². The van der Waals surface area contributed by atoms with Crippen LogP contribution in [0.2, 0.25) is 19.1 Å². The lowest BCUT2D eigenvalue weighted by Crippen LogP contribution is -2.28. The Morgan fingerprint density at radius 3 is 2.38 bits per heavy atom. The Morgan fingerprint density at radius 2 is 1.85 bits per heavy atom. The summed E-state index contributed by atoms with van der Waals surface area (Å²) in [6.07, 6.45) is 11.4. The highest BCUT2D eigenvalue weighted by Gasteiger charge is 2.19. The first-order chi connectivity index (χ1) is 6.14. The van der Waals surface area contributed by atoms with E-state index >= 15 is 0 Å². The third-order valence-corrected chi connectivity index (χ3v) is 5.36. The number of hydrogen-bond donors (Lipinski definition) is 0. The Kier molecular flexibility index (Phi) is 3.94. The molecule has 74 valence electrons. The van der Waals surface area contributed by atoms with E-state index in [9.17, 15) is 0 Å². The summed E-state index contributed by atoms with van der Waals surface area (Å²) in [6.45, 7) is 4.57. The van der Waals surface area contributed by atoms with Crippen LogP contribution in [0.3, 0.4) is 0 Å². The molecule has 0 heterocycles. The highest BCUT2D eigenvalue weighted by Crippen LogP contribution is 2.20. The van der Waals surface area contributed by atoms with Gasteiger partial charge in [0.05, 0.1) is 0 Å². The topological polar surface area (TPSA) is 9.23 Å². The number of rotatable bonds is 5. The van der Waals surface area contributed by atoms with E-state index in [1.807, 2.05) is 7.11 Å². The van der Waals surface area contributed by atoms with Crippen molar-refractivity contribution in [2.24, 2.45) is 5.92 Å². The van der Waals surface area contributed by atoms with Gasteiger partial charge < -0.3 is 4.43 Å². The molecule has 0 aromatic rings. The molecule has 0 aromatic heterocycles. The lowest BCUT2D eigenvalue weighted by molar-refractivity contribution is 0.400. The Hall–Kier alpha value is -0.343. The molecular weight excluding hydrogens is 176 g/mol. The van der Waals surface area contributed by atoms with E-state index in [0.29, 0.717) is 5.92 Å². The summed E-state index contributed by atoms with van der Waals surface area (Å²) in [5.74, 6) is 0.696. The normalized spacial score (nSPS) is 17.2. The summed E-state index contributed by atoms with van der Waals surface area (Å²) >= 11 is 0. The van der Waals surface area contributed by atoms with Crippen molar-refractivity contribution in [2.45, 2.75) is 32.0 Å². The Bertz CT molecular complexity index is 194. The van der Waals surface area contributed by atoms with Gasteiger partial charge in [-0.3, -0.25) is 0 Å². The molecule has 1 nitrogen and oxygen atoms in total. The smallest absolute Gasteiger partial charge is 0.186 e. The maximum atomic E-state index is 5.51. The minimum Gasteiger partial charge on any atom is -0.420 e. The fourth-order valence-corrected chi connectivity index (χ4v) is 2.80. The summed E-state index contributed by atoms with van der Waals surface area (Å²) in [6, 6.07) is 1.28. The molecule has 0 unspecified atom stereocenters. The molecule has 0 saturated carbocycles. The summed E-state index contributed by atoms with van der Waals surface area (Å²) < 4.78 is 5.51. The van der Waals surface area contributed by atoms with Gasteiger partial charge in [0, 0.05) is 7.11 Å². The molecular formula is C11H20OSi. The monoisotopic (exact) mass is 196 g/mol. The fraction of sp³-hybridized carbons (Fsp3) is 0.636. The van der Waals surface area contributed by atoms with Crippen molar-refractivity contribution in [3.63, 3.8) is 0 Å². The molecule has 1 rings (SSSR count). The van der Waals surface area contributed by atoms with Crippen LogP contribution in [-0.4, -0.2) is 15.4 Å². The first-order valence-corrected chi connectivity index (χ1v) is 8.16. The maximum Gasteiger partial charge on any atom is 0.186 e. The molecule has 0 atom stereocenters. The highest BCUT2D eigenvalue weighted by molar-refractivity contribution is 6.71. The third kappa shape index (κ3) is 3.92. The van der Waals surface area contributed by atoms with E-state index in [1.165, 1.54) is 18.9 Å². The van der Waals surface area contributed by atoms with E-state index in [1.54, 1.807) is 0 Å². The van der Waals surface area contributed by atoms with Crippen molar-refractivity contribution in [1.29, 1.82) is 0 Å². The molecule has 0 saturated heterocycles. The van der Waals surface area contributed by atoms with Gasteiger partial charge in [-0.05, 0) is 31.5 Å². The van der Waals surface area contributed by atoms with Crippen molar-refractivity contribution < 1.29 is 4.43 Å². The van der Waals surface area contributed by atoms with Crippen molar-refractivity contribution in [1.82, 2.24) is 0 Å². The molecule has 0 fully saturated rings. The molecule has 0 spiro atoms. The summed E-state index contributed by atoms with van der Waals surface area (Å²) in [4.78, 5) is 0. The molecule has 2 heteroatoms. The zero-order valence-electron chi connectivity index (χ0n) is 8.92. The molecule has 0 aromatic carbocycles. The highest BCUT2D eigenvalue weighted by atomic mass is 28.4. The van der Waals surface area contributed by atoms with E-state index in [0.717, 1.165) is 0 Å². The average Bonchev–Trinajstić information content (AvgIpc) is 2.57.